The van der Waals surface area contributed by atoms with E-state index < -0.39 is 13.3 Å². The highest BCUT2D eigenvalue weighted by Gasteiger charge is 2.32. The van der Waals surface area contributed by atoms with Crippen LogP contribution >= 0.6 is 7.75 Å². The van der Waals surface area contributed by atoms with Crippen LogP contribution < -0.4 is 5.09 Å². The Balaban J connectivity index is 3.59. The first-order chi connectivity index (χ1) is 11.9. The normalized spacial score (nSPS) is 12.7. The highest BCUT2D eigenvalue weighted by Crippen LogP contribution is 2.37. The maximum Gasteiger partial charge on any atom is 0.400 e. The van der Waals surface area contributed by atoms with Crippen molar-refractivity contribution >= 4 is 7.75 Å². The number of rotatable bonds is 18. The summed E-state index contributed by atoms with van der Waals surface area (Å²) in [6.45, 7) is 6.28. The molecule has 0 aromatic carbocycles. The predicted molar refractivity (Wildman–Crippen MR) is 109 cm³/mol. The molecule has 0 radical (unpaired) electrons. The van der Waals surface area contributed by atoms with Gasteiger partial charge in [0.15, 0.2) is 0 Å². The largest absolute Gasteiger partial charge is 0.400 e. The predicted octanol–water partition coefficient (Wildman–Crippen LogP) is 6.71. The van der Waals surface area contributed by atoms with Crippen molar-refractivity contribution in [1.29, 1.82) is 0 Å². The molecule has 0 aromatic rings. The molecule has 152 valence electrons. The Morgan fingerprint density at radius 1 is 0.680 bits per heavy atom. The van der Waals surface area contributed by atoms with E-state index in [9.17, 15) is 14.4 Å². The minimum Gasteiger partial charge on any atom is -0.313 e. The Kier molecular flexibility index (Phi) is 15.3. The zero-order valence-electron chi connectivity index (χ0n) is 17.1. The number of unbranched alkanes of at least 4 members (excludes halogenated alkanes) is 12. The van der Waals surface area contributed by atoms with Crippen molar-refractivity contribution in [1.82, 2.24) is 5.09 Å². The monoisotopic (exact) mass is 377 g/mol. The smallest absolute Gasteiger partial charge is 0.313 e. The van der Waals surface area contributed by atoms with Gasteiger partial charge in [0.25, 0.3) is 0 Å². The minimum atomic E-state index is -4.16. The van der Waals surface area contributed by atoms with Gasteiger partial charge in [0, 0.05) is 5.54 Å². The highest BCUT2D eigenvalue weighted by molar-refractivity contribution is 7.49. The molecule has 0 aliphatic carbocycles. The summed E-state index contributed by atoms with van der Waals surface area (Å²) in [4.78, 5) is 18.4. The van der Waals surface area contributed by atoms with Gasteiger partial charge in [-0.15, -0.1) is 0 Å². The molecular weight excluding hydrogens is 333 g/mol. The Morgan fingerprint density at radius 3 is 1.36 bits per heavy atom. The van der Waals surface area contributed by atoms with Crippen molar-refractivity contribution in [3.63, 3.8) is 0 Å². The summed E-state index contributed by atoms with van der Waals surface area (Å²) in [5.41, 5.74) is -0.406. The number of hydrogen-bond acceptors (Lipinski definition) is 1. The molecule has 0 aromatic heterocycles. The average Bonchev–Trinajstić information content (AvgIpc) is 2.57. The lowest BCUT2D eigenvalue weighted by atomic mass is 9.88. The van der Waals surface area contributed by atoms with Crippen molar-refractivity contribution < 1.29 is 14.4 Å². The summed E-state index contributed by atoms with van der Waals surface area (Å²) >= 11 is 0. The van der Waals surface area contributed by atoms with Gasteiger partial charge in [-0.2, -0.15) is 0 Å². The van der Waals surface area contributed by atoms with Crippen LogP contribution in [0.15, 0.2) is 0 Å². The van der Waals surface area contributed by atoms with Crippen LogP contribution in [-0.2, 0) is 4.57 Å². The van der Waals surface area contributed by atoms with Crippen LogP contribution in [0.25, 0.3) is 0 Å². The third kappa shape index (κ3) is 14.9. The molecule has 0 spiro atoms. The van der Waals surface area contributed by atoms with E-state index in [-0.39, 0.29) is 0 Å². The third-order valence-electron chi connectivity index (χ3n) is 5.50. The molecule has 3 N–H and O–H groups in total. The first-order valence-corrected chi connectivity index (χ1v) is 12.4. The van der Waals surface area contributed by atoms with Gasteiger partial charge in [-0.3, -0.25) is 0 Å². The van der Waals surface area contributed by atoms with Crippen LogP contribution in [0.4, 0.5) is 0 Å². The standard InChI is InChI=1S/C20H44NO3P/c1-4-7-8-9-10-11-12-13-14-15-16-17-18-19-20(5-2,6-3)21-25(22,23)24/h4-19H2,1-3H3,(H3,21,22,23,24). The lowest BCUT2D eigenvalue weighted by Gasteiger charge is -2.33. The van der Waals surface area contributed by atoms with Crippen LogP contribution in [0.1, 0.15) is 124 Å². The summed E-state index contributed by atoms with van der Waals surface area (Å²) in [6, 6.07) is 0. The molecule has 0 saturated heterocycles. The van der Waals surface area contributed by atoms with Crippen molar-refractivity contribution in [3.8, 4) is 0 Å². The second-order valence-electron chi connectivity index (χ2n) is 7.64. The van der Waals surface area contributed by atoms with E-state index in [0.29, 0.717) is 0 Å². The second-order valence-corrected chi connectivity index (χ2v) is 8.95. The molecule has 0 aliphatic heterocycles. The van der Waals surface area contributed by atoms with Gasteiger partial charge < -0.3 is 9.79 Å². The van der Waals surface area contributed by atoms with Crippen LogP contribution in [-0.4, -0.2) is 15.3 Å². The van der Waals surface area contributed by atoms with Gasteiger partial charge >= 0.3 is 7.75 Å². The third-order valence-corrected chi connectivity index (χ3v) is 6.26. The molecule has 0 aliphatic rings. The fraction of sp³-hybridized carbons (Fsp3) is 1.00. The van der Waals surface area contributed by atoms with Crippen LogP contribution in [0.5, 0.6) is 0 Å². The molecule has 0 amide bonds. The fourth-order valence-corrected chi connectivity index (χ4v) is 4.65. The van der Waals surface area contributed by atoms with Crippen molar-refractivity contribution in [2.24, 2.45) is 0 Å². The van der Waals surface area contributed by atoms with E-state index in [4.69, 9.17) is 0 Å². The molecule has 0 heterocycles. The topological polar surface area (TPSA) is 69.6 Å². The number of nitrogens with one attached hydrogen (secondary N) is 1. The SMILES string of the molecule is CCCCCCCCCCCCCCCC(CC)(CC)NP(=O)(O)O. The Hall–Kier alpha value is 0.110. The van der Waals surface area contributed by atoms with Gasteiger partial charge in [-0.25, -0.2) is 9.65 Å². The van der Waals surface area contributed by atoms with Gasteiger partial charge in [0.1, 0.15) is 0 Å². The Morgan fingerprint density at radius 2 is 1.04 bits per heavy atom. The van der Waals surface area contributed by atoms with Crippen LogP contribution in [0.2, 0.25) is 0 Å². The van der Waals surface area contributed by atoms with Crippen molar-refractivity contribution in [2.75, 3.05) is 0 Å². The molecule has 0 rings (SSSR count). The first-order valence-electron chi connectivity index (χ1n) is 10.7. The molecule has 0 saturated carbocycles. The summed E-state index contributed by atoms with van der Waals surface area (Å²) in [5.74, 6) is 0. The van der Waals surface area contributed by atoms with E-state index in [1.54, 1.807) is 0 Å². The van der Waals surface area contributed by atoms with E-state index in [1.807, 2.05) is 13.8 Å². The van der Waals surface area contributed by atoms with Crippen LogP contribution in [0, 0.1) is 0 Å². The van der Waals surface area contributed by atoms with E-state index in [1.165, 1.54) is 77.0 Å². The lowest BCUT2D eigenvalue weighted by molar-refractivity contribution is 0.269. The summed E-state index contributed by atoms with van der Waals surface area (Å²) in [6.07, 6.45) is 19.5. The molecule has 0 unspecified atom stereocenters. The zero-order valence-corrected chi connectivity index (χ0v) is 18.0. The van der Waals surface area contributed by atoms with Gasteiger partial charge in [-0.05, 0) is 19.3 Å². The van der Waals surface area contributed by atoms with Gasteiger partial charge in [-0.1, -0.05) is 104 Å². The molecule has 4 nitrogen and oxygen atoms in total. The quantitative estimate of drug-likeness (QED) is 0.183. The minimum absolute atomic E-state index is 0.406. The fourth-order valence-electron chi connectivity index (χ4n) is 3.61. The van der Waals surface area contributed by atoms with E-state index in [2.05, 4.69) is 12.0 Å². The first kappa shape index (κ1) is 25.1. The maximum atomic E-state index is 11.3. The summed E-state index contributed by atoms with van der Waals surface area (Å²) in [7, 11) is -4.16. The van der Waals surface area contributed by atoms with Crippen molar-refractivity contribution in [3.05, 3.63) is 0 Å². The summed E-state index contributed by atoms with van der Waals surface area (Å²) < 4.78 is 11.3. The molecule has 25 heavy (non-hydrogen) atoms. The van der Waals surface area contributed by atoms with Gasteiger partial charge in [0.2, 0.25) is 0 Å². The van der Waals surface area contributed by atoms with E-state index >= 15 is 0 Å². The van der Waals surface area contributed by atoms with Crippen LogP contribution in [0.3, 0.4) is 0 Å². The maximum absolute atomic E-state index is 11.3. The Bertz CT molecular complexity index is 340. The van der Waals surface area contributed by atoms with Crippen molar-refractivity contribution in [2.45, 2.75) is 129 Å². The molecule has 0 atom stereocenters. The molecule has 5 heteroatoms. The average molecular weight is 378 g/mol. The Labute approximate surface area is 156 Å². The molecule has 0 fully saturated rings. The number of hydrogen-bond donors (Lipinski definition) is 3. The molecular formula is C20H44NO3P. The van der Waals surface area contributed by atoms with Gasteiger partial charge in [0.05, 0.1) is 0 Å². The zero-order chi connectivity index (χ0) is 19.0. The highest BCUT2D eigenvalue weighted by atomic mass is 31.2. The molecule has 0 bridgehead atoms. The lowest BCUT2D eigenvalue weighted by Crippen LogP contribution is -2.42. The second kappa shape index (κ2) is 15.2. The van der Waals surface area contributed by atoms with E-state index in [0.717, 1.165) is 25.7 Å². The summed E-state index contributed by atoms with van der Waals surface area (Å²) in [5, 5.41) is 2.58.